The van der Waals surface area contributed by atoms with Crippen molar-refractivity contribution in [2.45, 2.75) is 12.5 Å². The van der Waals surface area contributed by atoms with E-state index in [-0.39, 0.29) is 12.5 Å². The van der Waals surface area contributed by atoms with Crippen molar-refractivity contribution >= 4 is 5.91 Å². The van der Waals surface area contributed by atoms with E-state index in [1.165, 1.54) is 0 Å². The van der Waals surface area contributed by atoms with Gasteiger partial charge in [0.1, 0.15) is 6.61 Å². The summed E-state index contributed by atoms with van der Waals surface area (Å²) in [7, 11) is 0. The van der Waals surface area contributed by atoms with Gasteiger partial charge < -0.3 is 15.0 Å². The van der Waals surface area contributed by atoms with Crippen molar-refractivity contribution in [2.75, 3.05) is 32.8 Å². The number of carbonyl (C=O) groups excluding carboxylic acids is 1. The number of piperazine rings is 1. The van der Waals surface area contributed by atoms with E-state index in [4.69, 9.17) is 4.74 Å². The van der Waals surface area contributed by atoms with Gasteiger partial charge in [-0.05, 0) is 6.42 Å². The predicted octanol–water partition coefficient (Wildman–Crippen LogP) is -0.793. The molecule has 1 atom stereocenters. The molecule has 2 rings (SSSR count). The van der Waals surface area contributed by atoms with Crippen LogP contribution in [0.4, 0.5) is 0 Å². The van der Waals surface area contributed by atoms with Crippen LogP contribution in [-0.4, -0.2) is 49.7 Å². The van der Waals surface area contributed by atoms with E-state index in [2.05, 4.69) is 5.32 Å². The number of fused-ring (bicyclic) bond motifs is 1. The number of hydrogen-bond acceptors (Lipinski definition) is 3. The quantitative estimate of drug-likeness (QED) is 0.518. The summed E-state index contributed by atoms with van der Waals surface area (Å²) >= 11 is 0. The average molecular weight is 170 g/mol. The van der Waals surface area contributed by atoms with E-state index in [1.54, 1.807) is 0 Å². The second kappa shape index (κ2) is 3.41. The zero-order chi connectivity index (χ0) is 8.39. The Morgan fingerprint density at radius 1 is 1.58 bits per heavy atom. The maximum Gasteiger partial charge on any atom is 0.248 e. The van der Waals surface area contributed by atoms with Crippen molar-refractivity contribution in [3.63, 3.8) is 0 Å². The molecule has 0 aromatic rings. The van der Waals surface area contributed by atoms with E-state index >= 15 is 0 Å². The van der Waals surface area contributed by atoms with Crippen LogP contribution in [0.1, 0.15) is 6.42 Å². The molecule has 1 amide bonds. The van der Waals surface area contributed by atoms with Crippen LogP contribution in [0, 0.1) is 0 Å². The van der Waals surface area contributed by atoms with Crippen LogP contribution in [0.5, 0.6) is 0 Å². The third-order valence-corrected chi connectivity index (χ3v) is 2.49. The van der Waals surface area contributed by atoms with E-state index in [0.29, 0.717) is 12.6 Å². The Bertz CT molecular complexity index is 184. The second-order valence-electron chi connectivity index (χ2n) is 3.29. The minimum Gasteiger partial charge on any atom is -0.372 e. The summed E-state index contributed by atoms with van der Waals surface area (Å²) in [4.78, 5) is 13.4. The molecule has 2 heterocycles. The number of amides is 1. The van der Waals surface area contributed by atoms with Gasteiger partial charge in [0.25, 0.3) is 0 Å². The molecule has 0 spiro atoms. The van der Waals surface area contributed by atoms with Crippen molar-refractivity contribution in [3.05, 3.63) is 0 Å². The molecule has 4 nitrogen and oxygen atoms in total. The Hall–Kier alpha value is -0.610. The summed E-state index contributed by atoms with van der Waals surface area (Å²) in [6, 6.07) is 0.369. The molecule has 0 bridgehead atoms. The Morgan fingerprint density at radius 2 is 2.50 bits per heavy atom. The Balaban J connectivity index is 2.06. The molecule has 0 aromatic carbocycles. The summed E-state index contributed by atoms with van der Waals surface area (Å²) in [5.41, 5.74) is 0. The largest absolute Gasteiger partial charge is 0.372 e. The van der Waals surface area contributed by atoms with Gasteiger partial charge in [0.2, 0.25) is 5.91 Å². The summed E-state index contributed by atoms with van der Waals surface area (Å²) in [6.45, 7) is 3.68. The molecule has 68 valence electrons. The van der Waals surface area contributed by atoms with Gasteiger partial charge in [0.05, 0.1) is 0 Å². The molecular formula is C8H14N2O2. The normalized spacial score (nSPS) is 31.2. The molecule has 2 aliphatic rings. The molecule has 0 saturated carbocycles. The lowest BCUT2D eigenvalue weighted by molar-refractivity contribution is -0.136. The highest BCUT2D eigenvalue weighted by Crippen LogP contribution is 2.11. The molecular weight excluding hydrogens is 156 g/mol. The van der Waals surface area contributed by atoms with Crippen LogP contribution in [0.2, 0.25) is 0 Å². The van der Waals surface area contributed by atoms with Crippen LogP contribution in [-0.2, 0) is 9.53 Å². The molecule has 0 aromatic heterocycles. The van der Waals surface area contributed by atoms with Crippen molar-refractivity contribution in [2.24, 2.45) is 0 Å². The minimum absolute atomic E-state index is 0.152. The maximum atomic E-state index is 11.4. The van der Waals surface area contributed by atoms with Crippen molar-refractivity contribution in [3.8, 4) is 0 Å². The smallest absolute Gasteiger partial charge is 0.248 e. The van der Waals surface area contributed by atoms with Crippen LogP contribution in [0.3, 0.4) is 0 Å². The molecule has 4 heteroatoms. The first-order chi connectivity index (χ1) is 5.88. The van der Waals surface area contributed by atoms with Crippen LogP contribution in [0.25, 0.3) is 0 Å². The van der Waals surface area contributed by atoms with E-state index < -0.39 is 0 Å². The highest BCUT2D eigenvalue weighted by molar-refractivity contribution is 5.78. The lowest BCUT2D eigenvalue weighted by atomic mass is 10.1. The number of rotatable bonds is 0. The van der Waals surface area contributed by atoms with Crippen LogP contribution >= 0.6 is 0 Å². The Labute approximate surface area is 71.9 Å². The van der Waals surface area contributed by atoms with Crippen molar-refractivity contribution in [1.82, 2.24) is 10.2 Å². The highest BCUT2D eigenvalue weighted by atomic mass is 16.5. The van der Waals surface area contributed by atoms with Gasteiger partial charge in [-0.25, -0.2) is 0 Å². The van der Waals surface area contributed by atoms with Gasteiger partial charge in [-0.15, -0.1) is 0 Å². The maximum absolute atomic E-state index is 11.4. The van der Waals surface area contributed by atoms with Gasteiger partial charge in [-0.3, -0.25) is 4.79 Å². The van der Waals surface area contributed by atoms with E-state index in [0.717, 1.165) is 26.1 Å². The zero-order valence-electron chi connectivity index (χ0n) is 7.08. The second-order valence-corrected chi connectivity index (χ2v) is 3.29. The van der Waals surface area contributed by atoms with Gasteiger partial charge in [-0.1, -0.05) is 0 Å². The number of hydrogen-bond donors (Lipinski definition) is 1. The fourth-order valence-electron chi connectivity index (χ4n) is 1.81. The fourth-order valence-corrected chi connectivity index (χ4v) is 1.81. The Morgan fingerprint density at radius 3 is 3.42 bits per heavy atom. The molecule has 0 radical (unpaired) electrons. The minimum atomic E-state index is 0.152. The third-order valence-electron chi connectivity index (χ3n) is 2.49. The van der Waals surface area contributed by atoms with Gasteiger partial charge in [0, 0.05) is 32.3 Å². The first-order valence-electron chi connectivity index (χ1n) is 4.46. The lowest BCUT2D eigenvalue weighted by Crippen LogP contribution is -2.53. The van der Waals surface area contributed by atoms with Crippen molar-refractivity contribution in [1.29, 1.82) is 0 Å². The lowest BCUT2D eigenvalue weighted by Gasteiger charge is -2.34. The SMILES string of the molecule is O=C1COCC[C@@H]2CNCCN12. The van der Waals surface area contributed by atoms with E-state index in [1.807, 2.05) is 4.90 Å². The van der Waals surface area contributed by atoms with Gasteiger partial charge >= 0.3 is 0 Å². The topological polar surface area (TPSA) is 41.6 Å². The Kier molecular flexibility index (Phi) is 2.28. The van der Waals surface area contributed by atoms with Gasteiger partial charge in [0.15, 0.2) is 0 Å². The number of ether oxygens (including phenoxy) is 1. The summed E-state index contributed by atoms with van der Waals surface area (Å²) in [5.74, 6) is 0.152. The molecule has 2 fully saturated rings. The number of nitrogens with one attached hydrogen (secondary N) is 1. The molecule has 2 aliphatic heterocycles. The average Bonchev–Trinajstić information content (AvgIpc) is 2.29. The third kappa shape index (κ3) is 1.44. The summed E-state index contributed by atoms with van der Waals surface area (Å²) in [6.07, 6.45) is 0.971. The zero-order valence-corrected chi connectivity index (χ0v) is 7.08. The fraction of sp³-hybridized carbons (Fsp3) is 0.875. The molecule has 0 aliphatic carbocycles. The van der Waals surface area contributed by atoms with Crippen molar-refractivity contribution < 1.29 is 9.53 Å². The highest BCUT2D eigenvalue weighted by Gasteiger charge is 2.28. The van der Waals surface area contributed by atoms with E-state index in [9.17, 15) is 4.79 Å². The molecule has 12 heavy (non-hydrogen) atoms. The van der Waals surface area contributed by atoms with Crippen LogP contribution < -0.4 is 5.32 Å². The molecule has 1 N–H and O–H groups in total. The standard InChI is InChI=1S/C8H14N2O2/c11-8-6-12-4-1-7-5-9-2-3-10(7)8/h7,9H,1-6H2/t7-/m1/s1. The number of nitrogens with zero attached hydrogens (tertiary/aromatic N) is 1. The monoisotopic (exact) mass is 170 g/mol. The number of carbonyl (C=O) groups is 1. The molecule has 2 saturated heterocycles. The summed E-state index contributed by atoms with van der Waals surface area (Å²) < 4.78 is 5.18. The van der Waals surface area contributed by atoms with Gasteiger partial charge in [-0.2, -0.15) is 0 Å². The first kappa shape index (κ1) is 8.01. The molecule has 0 unspecified atom stereocenters. The first-order valence-corrected chi connectivity index (χ1v) is 4.46. The van der Waals surface area contributed by atoms with Crippen LogP contribution in [0.15, 0.2) is 0 Å². The predicted molar refractivity (Wildman–Crippen MR) is 43.8 cm³/mol. The summed E-state index contributed by atoms with van der Waals surface area (Å²) in [5, 5.41) is 3.28.